The van der Waals surface area contributed by atoms with Crippen molar-refractivity contribution in [2.45, 2.75) is 64.9 Å². The van der Waals surface area contributed by atoms with Crippen molar-refractivity contribution in [3.63, 3.8) is 0 Å². The zero-order valence-electron chi connectivity index (χ0n) is 24.0. The Kier molecular flexibility index (Phi) is 7.52. The summed E-state index contributed by atoms with van der Waals surface area (Å²) in [6, 6.07) is 11.7. The molecule has 5 rings (SSSR count). The van der Waals surface area contributed by atoms with Gasteiger partial charge in [-0.1, -0.05) is 12.1 Å². The van der Waals surface area contributed by atoms with Crippen LogP contribution in [0.5, 0.6) is 5.75 Å². The molecule has 1 fully saturated rings. The topological polar surface area (TPSA) is 118 Å². The Labute approximate surface area is 237 Å². The molecule has 1 N–H and O–H groups in total. The first-order chi connectivity index (χ1) is 19.4. The van der Waals surface area contributed by atoms with Gasteiger partial charge in [-0.15, -0.1) is 0 Å². The number of alkyl carbamates (subject to hydrolysis) is 1. The first kappa shape index (κ1) is 28.6. The average Bonchev–Trinajstić information content (AvgIpc) is 3.56. The largest absolute Gasteiger partial charge is 0.491 e. The van der Waals surface area contributed by atoms with Crippen LogP contribution in [0, 0.1) is 5.82 Å². The fraction of sp³-hybridized carbons (Fsp3) is 0.433. The van der Waals surface area contributed by atoms with Crippen molar-refractivity contribution in [2.24, 2.45) is 0 Å². The number of hydrogen-bond donors (Lipinski definition) is 1. The summed E-state index contributed by atoms with van der Waals surface area (Å²) in [7, 11) is 0. The van der Waals surface area contributed by atoms with Crippen LogP contribution in [0.1, 0.15) is 53.7 Å². The Hall–Kier alpha value is -3.96. The second kappa shape index (κ2) is 10.8. The number of amides is 1. The van der Waals surface area contributed by atoms with Gasteiger partial charge < -0.3 is 33.2 Å². The molecule has 1 aliphatic rings. The van der Waals surface area contributed by atoms with Gasteiger partial charge in [0, 0.05) is 16.5 Å². The molecule has 0 radical (unpaired) electrons. The predicted octanol–water partition coefficient (Wildman–Crippen LogP) is 6.58. The fourth-order valence-electron chi connectivity index (χ4n) is 4.29. The molecular formula is C30H34FN3O7. The number of furan rings is 1. The minimum atomic E-state index is -1.12. The van der Waals surface area contributed by atoms with Gasteiger partial charge in [0.05, 0.1) is 19.8 Å². The van der Waals surface area contributed by atoms with Gasteiger partial charge in [0.25, 0.3) is 5.89 Å². The Balaban J connectivity index is 1.42. The van der Waals surface area contributed by atoms with Crippen LogP contribution >= 0.6 is 0 Å². The van der Waals surface area contributed by atoms with Crippen molar-refractivity contribution in [3.05, 3.63) is 54.0 Å². The molecule has 0 aliphatic carbocycles. The Morgan fingerprint density at radius 1 is 1.07 bits per heavy atom. The maximum absolute atomic E-state index is 14.5. The van der Waals surface area contributed by atoms with Crippen molar-refractivity contribution in [1.82, 2.24) is 15.5 Å². The summed E-state index contributed by atoms with van der Waals surface area (Å²) in [6.07, 6.45) is 0.156. The fourth-order valence-corrected chi connectivity index (χ4v) is 4.29. The highest BCUT2D eigenvalue weighted by molar-refractivity contribution is 5.83. The summed E-state index contributed by atoms with van der Waals surface area (Å²) in [4.78, 5) is 17.2. The lowest BCUT2D eigenvalue weighted by Gasteiger charge is -2.42. The van der Waals surface area contributed by atoms with Crippen LogP contribution in [-0.2, 0) is 19.7 Å². The summed E-state index contributed by atoms with van der Waals surface area (Å²) >= 11 is 0. The summed E-state index contributed by atoms with van der Waals surface area (Å²) < 4.78 is 48.8. The van der Waals surface area contributed by atoms with Gasteiger partial charge in [-0.05, 0) is 83.5 Å². The number of benzene rings is 2. The summed E-state index contributed by atoms with van der Waals surface area (Å²) in [5.41, 5.74) is -0.133. The van der Waals surface area contributed by atoms with E-state index in [1.54, 1.807) is 58.9 Å². The number of halogens is 1. The third-order valence-electron chi connectivity index (χ3n) is 6.39. The van der Waals surface area contributed by atoms with E-state index in [2.05, 4.69) is 15.5 Å². The summed E-state index contributed by atoms with van der Waals surface area (Å²) in [5.74, 6) is -0.206. The van der Waals surface area contributed by atoms with Gasteiger partial charge in [-0.2, -0.15) is 4.98 Å². The van der Waals surface area contributed by atoms with Crippen LogP contribution in [0.2, 0.25) is 0 Å². The number of hydrogen-bond acceptors (Lipinski definition) is 9. The van der Waals surface area contributed by atoms with Gasteiger partial charge >= 0.3 is 6.09 Å². The number of ether oxygens (including phenoxy) is 4. The summed E-state index contributed by atoms with van der Waals surface area (Å²) in [6.45, 7) is 11.6. The van der Waals surface area contributed by atoms with Crippen molar-refractivity contribution >= 4 is 17.1 Å². The van der Waals surface area contributed by atoms with Gasteiger partial charge in [-0.25, -0.2) is 9.18 Å². The first-order valence-corrected chi connectivity index (χ1v) is 13.5. The third kappa shape index (κ3) is 6.36. The van der Waals surface area contributed by atoms with Gasteiger partial charge in [0.15, 0.2) is 17.4 Å². The molecule has 4 aromatic rings. The molecule has 0 spiro atoms. The van der Waals surface area contributed by atoms with E-state index in [4.69, 9.17) is 27.9 Å². The first-order valence-electron chi connectivity index (χ1n) is 13.5. The monoisotopic (exact) mass is 567 g/mol. The molecule has 0 bridgehead atoms. The molecule has 218 valence electrons. The predicted molar refractivity (Wildman–Crippen MR) is 148 cm³/mol. The quantitative estimate of drug-likeness (QED) is 0.264. The normalized spacial score (nSPS) is 16.5. The molecule has 41 heavy (non-hydrogen) atoms. The minimum absolute atomic E-state index is 0.110. The Morgan fingerprint density at radius 3 is 2.49 bits per heavy atom. The number of fused-ring (bicyclic) bond motifs is 1. The maximum atomic E-state index is 14.5. The molecule has 1 saturated heterocycles. The SMILES string of the molecule is CCCOc1ccc(-c2nc(-c3ccc4oc(C5(NC(=O)OC(C)(C)C)COC(C)(C)OC5)cc4c3)no2)cc1F. The molecule has 1 aliphatic heterocycles. The number of rotatable bonds is 7. The molecule has 10 nitrogen and oxygen atoms in total. The minimum Gasteiger partial charge on any atom is -0.491 e. The highest BCUT2D eigenvalue weighted by Gasteiger charge is 2.46. The second-order valence-corrected chi connectivity index (χ2v) is 11.5. The molecule has 2 aromatic heterocycles. The average molecular weight is 568 g/mol. The van der Waals surface area contributed by atoms with E-state index in [-0.39, 0.29) is 24.9 Å². The zero-order chi connectivity index (χ0) is 29.4. The van der Waals surface area contributed by atoms with Crippen molar-refractivity contribution in [2.75, 3.05) is 19.8 Å². The molecule has 11 heteroatoms. The maximum Gasteiger partial charge on any atom is 0.408 e. The molecule has 0 unspecified atom stereocenters. The molecule has 2 aromatic carbocycles. The van der Waals surface area contributed by atoms with Crippen molar-refractivity contribution in [1.29, 1.82) is 0 Å². The molecule has 3 heterocycles. The van der Waals surface area contributed by atoms with Crippen LogP contribution in [0.15, 0.2) is 51.4 Å². The van der Waals surface area contributed by atoms with Gasteiger partial charge in [0.2, 0.25) is 5.82 Å². The number of nitrogens with zero attached hydrogens (tertiary/aromatic N) is 2. The highest BCUT2D eigenvalue weighted by atomic mass is 19.1. The lowest BCUT2D eigenvalue weighted by molar-refractivity contribution is -0.274. The van der Waals surface area contributed by atoms with Crippen LogP contribution in [0.3, 0.4) is 0 Å². The highest BCUT2D eigenvalue weighted by Crippen LogP contribution is 2.36. The van der Waals surface area contributed by atoms with E-state index in [1.807, 2.05) is 19.1 Å². The lowest BCUT2D eigenvalue weighted by Crippen LogP contribution is -2.59. The van der Waals surface area contributed by atoms with Crippen molar-refractivity contribution in [3.8, 4) is 28.6 Å². The van der Waals surface area contributed by atoms with E-state index < -0.39 is 28.8 Å². The number of carbonyl (C=O) groups excluding carboxylic acids is 1. The van der Waals surface area contributed by atoms with E-state index in [9.17, 15) is 9.18 Å². The van der Waals surface area contributed by atoms with E-state index in [1.165, 1.54) is 6.07 Å². The molecule has 1 amide bonds. The smallest absolute Gasteiger partial charge is 0.408 e. The van der Waals surface area contributed by atoms with E-state index in [0.717, 1.165) is 11.8 Å². The van der Waals surface area contributed by atoms with Crippen LogP contribution in [0.25, 0.3) is 33.8 Å². The summed E-state index contributed by atoms with van der Waals surface area (Å²) in [5, 5.41) is 7.73. The van der Waals surface area contributed by atoms with Crippen molar-refractivity contribution < 1.29 is 37.1 Å². The lowest BCUT2D eigenvalue weighted by atomic mass is 9.96. The Morgan fingerprint density at radius 2 is 1.80 bits per heavy atom. The van der Waals surface area contributed by atoms with E-state index in [0.29, 0.717) is 34.9 Å². The van der Waals surface area contributed by atoms with Crippen LogP contribution in [-0.4, -0.2) is 47.4 Å². The number of nitrogens with one attached hydrogen (secondary N) is 1. The zero-order valence-corrected chi connectivity index (χ0v) is 24.0. The standard InChI is InChI=1S/C30H34FN3O7/c1-7-12-36-23-11-9-19(14-21(23)31)26-32-25(34-41-26)18-8-10-22-20(13-18)15-24(39-22)30(16-37-29(5,6)38-17-30)33-27(35)40-28(2,3)4/h8-11,13-15H,7,12,16-17H2,1-6H3,(H,33,35). The Bertz CT molecular complexity index is 1540. The molecular weight excluding hydrogens is 533 g/mol. The second-order valence-electron chi connectivity index (χ2n) is 11.5. The van der Waals surface area contributed by atoms with Crippen LogP contribution in [0.4, 0.5) is 9.18 Å². The molecule has 0 saturated carbocycles. The third-order valence-corrected chi connectivity index (χ3v) is 6.39. The molecule has 0 atom stereocenters. The number of carbonyl (C=O) groups is 1. The van der Waals surface area contributed by atoms with E-state index >= 15 is 0 Å². The van der Waals surface area contributed by atoms with Gasteiger partial charge in [0.1, 0.15) is 22.5 Å². The van der Waals surface area contributed by atoms with Gasteiger partial charge in [-0.3, -0.25) is 0 Å². The number of aromatic nitrogens is 2. The van der Waals surface area contributed by atoms with Crippen LogP contribution < -0.4 is 10.1 Å².